The number of para-hydroxylation sites is 1. The van der Waals surface area contributed by atoms with Gasteiger partial charge in [0.1, 0.15) is 5.82 Å². The van der Waals surface area contributed by atoms with E-state index in [2.05, 4.69) is 10.6 Å². The number of carbonyl (C=O) groups is 3. The van der Waals surface area contributed by atoms with E-state index < -0.39 is 17.1 Å². The summed E-state index contributed by atoms with van der Waals surface area (Å²) in [5.41, 5.74) is 2.20. The Morgan fingerprint density at radius 3 is 2.46 bits per heavy atom. The first-order valence-electron chi connectivity index (χ1n) is 11.8. The van der Waals surface area contributed by atoms with Crippen LogP contribution in [-0.2, 0) is 11.2 Å². The van der Waals surface area contributed by atoms with Crippen LogP contribution in [0, 0.1) is 11.2 Å². The van der Waals surface area contributed by atoms with Gasteiger partial charge in [0.15, 0.2) is 0 Å². The molecule has 0 aromatic heterocycles. The summed E-state index contributed by atoms with van der Waals surface area (Å²) in [6.07, 6.45) is 2.95. The Morgan fingerprint density at radius 1 is 0.943 bits per heavy atom. The summed E-state index contributed by atoms with van der Waals surface area (Å²) in [7, 11) is 0. The molecule has 1 fully saturated rings. The molecular weight excluding hydrogens is 445 g/mol. The quantitative estimate of drug-likeness (QED) is 0.588. The van der Waals surface area contributed by atoms with Gasteiger partial charge in [-0.25, -0.2) is 4.39 Å². The van der Waals surface area contributed by atoms with Crippen LogP contribution in [0.3, 0.4) is 0 Å². The first-order chi connectivity index (χ1) is 17.0. The largest absolute Gasteiger partial charge is 0.356 e. The van der Waals surface area contributed by atoms with Crippen LogP contribution in [0.5, 0.6) is 0 Å². The van der Waals surface area contributed by atoms with E-state index in [-0.39, 0.29) is 17.4 Å². The maximum absolute atomic E-state index is 13.9. The fourth-order valence-corrected chi connectivity index (χ4v) is 5.07. The van der Waals surface area contributed by atoms with Gasteiger partial charge in [0.05, 0.1) is 11.0 Å². The van der Waals surface area contributed by atoms with E-state index >= 15 is 0 Å². The number of halogens is 1. The molecule has 2 heterocycles. The number of amides is 3. The molecule has 3 aromatic carbocycles. The highest BCUT2D eigenvalue weighted by Crippen LogP contribution is 2.41. The monoisotopic (exact) mass is 471 g/mol. The van der Waals surface area contributed by atoms with E-state index in [0.29, 0.717) is 37.2 Å². The highest BCUT2D eigenvalue weighted by Gasteiger charge is 2.43. The van der Waals surface area contributed by atoms with Gasteiger partial charge in [0.2, 0.25) is 5.91 Å². The fourth-order valence-electron chi connectivity index (χ4n) is 5.07. The van der Waals surface area contributed by atoms with Crippen LogP contribution in [-0.4, -0.2) is 30.8 Å². The molecule has 35 heavy (non-hydrogen) atoms. The Morgan fingerprint density at radius 2 is 1.69 bits per heavy atom. The zero-order valence-corrected chi connectivity index (χ0v) is 19.2. The lowest BCUT2D eigenvalue weighted by Crippen LogP contribution is -2.48. The van der Waals surface area contributed by atoms with Gasteiger partial charge < -0.3 is 15.5 Å². The van der Waals surface area contributed by atoms with Gasteiger partial charge in [-0.1, -0.05) is 30.3 Å². The predicted molar refractivity (Wildman–Crippen MR) is 132 cm³/mol. The maximum Gasteiger partial charge on any atom is 0.258 e. The number of rotatable bonds is 3. The number of hydrogen-bond acceptors (Lipinski definition) is 3. The molecular formula is C28H26FN3O3. The van der Waals surface area contributed by atoms with E-state index in [9.17, 15) is 18.8 Å². The van der Waals surface area contributed by atoms with Crippen LogP contribution in [0.1, 0.15) is 45.5 Å². The number of nitrogens with one attached hydrogen (secondary N) is 2. The second-order valence-corrected chi connectivity index (χ2v) is 9.16. The van der Waals surface area contributed by atoms with Crippen molar-refractivity contribution >= 4 is 29.1 Å². The van der Waals surface area contributed by atoms with Crippen molar-refractivity contribution in [1.82, 2.24) is 5.32 Å². The lowest BCUT2D eigenvalue weighted by atomic mass is 9.73. The Hall–Kier alpha value is -4.00. The molecule has 1 spiro atoms. The lowest BCUT2D eigenvalue weighted by Gasteiger charge is -2.35. The molecule has 0 saturated carbocycles. The Labute approximate surface area is 203 Å². The number of benzene rings is 3. The Balaban J connectivity index is 1.37. The zero-order chi connectivity index (χ0) is 24.4. The molecule has 2 aliphatic rings. The molecule has 0 aliphatic carbocycles. The van der Waals surface area contributed by atoms with Gasteiger partial charge >= 0.3 is 0 Å². The molecule has 3 amide bonds. The molecule has 1 saturated heterocycles. The maximum atomic E-state index is 13.9. The highest BCUT2D eigenvalue weighted by atomic mass is 19.1. The number of anilines is 2. The SMILES string of the molecule is O=C(Nc1ccc(C(=O)N2CCC3(CCCNC3=O)Cc3ccccc32)cc1)c1ccccc1F. The van der Waals surface area contributed by atoms with Gasteiger partial charge in [0.25, 0.3) is 11.8 Å². The van der Waals surface area contributed by atoms with Crippen molar-refractivity contribution in [3.05, 3.63) is 95.3 Å². The van der Waals surface area contributed by atoms with Crippen LogP contribution >= 0.6 is 0 Å². The predicted octanol–water partition coefficient (Wildman–Crippen LogP) is 4.57. The number of fused-ring (bicyclic) bond motifs is 1. The van der Waals surface area contributed by atoms with Crippen LogP contribution in [0.15, 0.2) is 72.8 Å². The normalized spacial score (nSPS) is 19.5. The average Bonchev–Trinajstić information content (AvgIpc) is 3.03. The topological polar surface area (TPSA) is 78.5 Å². The smallest absolute Gasteiger partial charge is 0.258 e. The minimum absolute atomic E-state index is 0.0468. The van der Waals surface area contributed by atoms with Crippen LogP contribution in [0.2, 0.25) is 0 Å². The van der Waals surface area contributed by atoms with Gasteiger partial charge in [-0.15, -0.1) is 0 Å². The van der Waals surface area contributed by atoms with E-state index in [4.69, 9.17) is 0 Å². The van der Waals surface area contributed by atoms with Crippen molar-refractivity contribution < 1.29 is 18.8 Å². The molecule has 5 rings (SSSR count). The summed E-state index contributed by atoms with van der Waals surface area (Å²) in [5.74, 6) is -1.25. The average molecular weight is 472 g/mol. The zero-order valence-electron chi connectivity index (χ0n) is 19.2. The summed E-state index contributed by atoms with van der Waals surface area (Å²) in [5, 5.41) is 5.68. The van der Waals surface area contributed by atoms with E-state index in [1.807, 2.05) is 24.3 Å². The van der Waals surface area contributed by atoms with Gasteiger partial charge in [-0.3, -0.25) is 14.4 Å². The molecule has 2 aliphatic heterocycles. The van der Waals surface area contributed by atoms with Crippen LogP contribution in [0.25, 0.3) is 0 Å². The molecule has 0 bridgehead atoms. The van der Waals surface area contributed by atoms with Crippen molar-refractivity contribution in [2.24, 2.45) is 5.41 Å². The second kappa shape index (κ2) is 9.33. The molecule has 178 valence electrons. The summed E-state index contributed by atoms with van der Waals surface area (Å²) in [4.78, 5) is 40.6. The summed E-state index contributed by atoms with van der Waals surface area (Å²) < 4.78 is 13.9. The number of hydrogen-bond donors (Lipinski definition) is 2. The van der Waals surface area contributed by atoms with Gasteiger partial charge in [0, 0.05) is 30.0 Å². The number of nitrogens with zero attached hydrogens (tertiary/aromatic N) is 1. The molecule has 0 radical (unpaired) electrons. The molecule has 2 N–H and O–H groups in total. The molecule has 1 atom stereocenters. The Bertz CT molecular complexity index is 1290. The van der Waals surface area contributed by atoms with Crippen molar-refractivity contribution in [3.63, 3.8) is 0 Å². The highest BCUT2D eigenvalue weighted by molar-refractivity contribution is 6.08. The van der Waals surface area contributed by atoms with E-state index in [0.717, 1.165) is 24.1 Å². The van der Waals surface area contributed by atoms with Crippen molar-refractivity contribution in [2.75, 3.05) is 23.3 Å². The second-order valence-electron chi connectivity index (χ2n) is 9.16. The summed E-state index contributed by atoms with van der Waals surface area (Å²) >= 11 is 0. The van der Waals surface area contributed by atoms with Gasteiger partial charge in [-0.05, 0) is 73.7 Å². The third kappa shape index (κ3) is 4.41. The molecule has 6 nitrogen and oxygen atoms in total. The molecule has 1 unspecified atom stereocenters. The fraction of sp³-hybridized carbons (Fsp3) is 0.250. The van der Waals surface area contributed by atoms with Crippen molar-refractivity contribution in [3.8, 4) is 0 Å². The molecule has 7 heteroatoms. The minimum Gasteiger partial charge on any atom is -0.356 e. The number of piperidine rings is 1. The van der Waals surface area contributed by atoms with E-state index in [1.54, 1.807) is 35.2 Å². The number of carbonyl (C=O) groups excluding carboxylic acids is 3. The first kappa shape index (κ1) is 22.8. The van der Waals surface area contributed by atoms with Crippen molar-refractivity contribution in [1.29, 1.82) is 0 Å². The van der Waals surface area contributed by atoms with E-state index in [1.165, 1.54) is 18.2 Å². The van der Waals surface area contributed by atoms with Crippen molar-refractivity contribution in [2.45, 2.75) is 25.7 Å². The first-order valence-corrected chi connectivity index (χ1v) is 11.8. The third-order valence-electron chi connectivity index (χ3n) is 6.98. The lowest BCUT2D eigenvalue weighted by molar-refractivity contribution is -0.133. The minimum atomic E-state index is -0.596. The summed E-state index contributed by atoms with van der Waals surface area (Å²) in [6, 6.07) is 20.1. The summed E-state index contributed by atoms with van der Waals surface area (Å²) in [6.45, 7) is 1.14. The van der Waals surface area contributed by atoms with Gasteiger partial charge in [-0.2, -0.15) is 0 Å². The van der Waals surface area contributed by atoms with Crippen LogP contribution < -0.4 is 15.5 Å². The van der Waals surface area contributed by atoms with Crippen LogP contribution in [0.4, 0.5) is 15.8 Å². The molecule has 3 aromatic rings. The standard InChI is InChI=1S/C28H26FN3O3/c29-23-8-3-2-7-22(23)25(33)31-21-12-10-19(11-13-21)26(34)32-17-15-28(14-5-16-30-27(28)35)18-20-6-1-4-9-24(20)32/h1-4,6-13H,5,14-18H2,(H,30,35)(H,31,33). The third-order valence-corrected chi connectivity index (χ3v) is 6.98. The Kier molecular flexibility index (Phi) is 6.07.